The van der Waals surface area contributed by atoms with Crippen LogP contribution in [0.2, 0.25) is 0 Å². The summed E-state index contributed by atoms with van der Waals surface area (Å²) in [4.78, 5) is 34.0. The highest BCUT2D eigenvalue weighted by molar-refractivity contribution is 5.96. The number of urea groups is 1. The van der Waals surface area contributed by atoms with E-state index in [1.165, 1.54) is 0 Å². The number of hydrogen-bond donors (Lipinski definition) is 4. The van der Waals surface area contributed by atoms with E-state index in [2.05, 4.69) is 16.0 Å². The Morgan fingerprint density at radius 2 is 1.91 bits per heavy atom. The number of anilines is 1. The summed E-state index contributed by atoms with van der Waals surface area (Å²) in [5.74, 6) is -1.05. The molecule has 1 aromatic carbocycles. The molecule has 0 saturated heterocycles. The van der Waals surface area contributed by atoms with Crippen molar-refractivity contribution in [3.05, 3.63) is 29.3 Å². The zero-order valence-corrected chi connectivity index (χ0v) is 13.6. The van der Waals surface area contributed by atoms with Gasteiger partial charge in [-0.15, -0.1) is 0 Å². The Labute approximate surface area is 135 Å². The van der Waals surface area contributed by atoms with Crippen molar-refractivity contribution in [3.63, 3.8) is 0 Å². The number of rotatable bonds is 7. The van der Waals surface area contributed by atoms with E-state index in [1.807, 2.05) is 13.8 Å². The Bertz CT molecular complexity index is 585. The van der Waals surface area contributed by atoms with Gasteiger partial charge >= 0.3 is 12.0 Å². The molecular formula is C16H23N3O4. The van der Waals surface area contributed by atoms with Crippen molar-refractivity contribution in [3.8, 4) is 0 Å². The molecule has 23 heavy (non-hydrogen) atoms. The van der Waals surface area contributed by atoms with Crippen molar-refractivity contribution < 1.29 is 19.5 Å². The molecule has 0 spiro atoms. The summed E-state index contributed by atoms with van der Waals surface area (Å²) >= 11 is 0. The Morgan fingerprint density at radius 3 is 2.48 bits per heavy atom. The largest absolute Gasteiger partial charge is 0.481 e. The molecule has 0 fully saturated rings. The monoisotopic (exact) mass is 321 g/mol. The minimum atomic E-state index is -0.890. The third kappa shape index (κ3) is 6.82. The van der Waals surface area contributed by atoms with E-state index < -0.39 is 12.0 Å². The highest BCUT2D eigenvalue weighted by Crippen LogP contribution is 2.16. The van der Waals surface area contributed by atoms with Gasteiger partial charge < -0.3 is 21.1 Å². The first kappa shape index (κ1) is 18.5. The Kier molecular flexibility index (Phi) is 7.05. The van der Waals surface area contributed by atoms with Crippen LogP contribution < -0.4 is 16.0 Å². The lowest BCUT2D eigenvalue weighted by Crippen LogP contribution is -2.31. The van der Waals surface area contributed by atoms with Crippen LogP contribution in [-0.4, -0.2) is 35.6 Å². The van der Waals surface area contributed by atoms with E-state index in [0.29, 0.717) is 17.7 Å². The van der Waals surface area contributed by atoms with Gasteiger partial charge in [0.2, 0.25) is 0 Å². The Morgan fingerprint density at radius 1 is 1.22 bits per heavy atom. The van der Waals surface area contributed by atoms with Gasteiger partial charge in [-0.1, -0.05) is 0 Å². The maximum Gasteiger partial charge on any atom is 0.319 e. The maximum atomic E-state index is 11.9. The first-order valence-corrected chi connectivity index (χ1v) is 7.47. The SMILES string of the molecule is Cc1cc(C(=O)NC(C)C)ccc1NC(=O)NCCCC(=O)O. The molecule has 7 nitrogen and oxygen atoms in total. The number of benzene rings is 1. The fourth-order valence-corrected chi connectivity index (χ4v) is 1.90. The van der Waals surface area contributed by atoms with Gasteiger partial charge in [0.15, 0.2) is 0 Å². The van der Waals surface area contributed by atoms with Gasteiger partial charge in [-0.2, -0.15) is 0 Å². The predicted octanol–water partition coefficient (Wildman–Crippen LogP) is 2.12. The molecule has 0 saturated carbocycles. The minimum Gasteiger partial charge on any atom is -0.481 e. The second-order valence-corrected chi connectivity index (χ2v) is 5.54. The van der Waals surface area contributed by atoms with Crippen LogP contribution >= 0.6 is 0 Å². The minimum absolute atomic E-state index is 0.0129. The first-order valence-electron chi connectivity index (χ1n) is 7.47. The summed E-state index contributed by atoms with van der Waals surface area (Å²) in [5.41, 5.74) is 1.90. The molecule has 0 radical (unpaired) electrons. The predicted molar refractivity (Wildman–Crippen MR) is 87.7 cm³/mol. The van der Waals surface area contributed by atoms with Crippen LogP contribution in [0.15, 0.2) is 18.2 Å². The number of nitrogens with one attached hydrogen (secondary N) is 3. The molecule has 0 bridgehead atoms. The van der Waals surface area contributed by atoms with Crippen molar-refractivity contribution in [2.75, 3.05) is 11.9 Å². The molecule has 126 valence electrons. The summed E-state index contributed by atoms with van der Waals surface area (Å²) < 4.78 is 0. The fourth-order valence-electron chi connectivity index (χ4n) is 1.90. The average Bonchev–Trinajstić information content (AvgIpc) is 2.44. The normalized spacial score (nSPS) is 10.3. The number of aliphatic carboxylic acids is 1. The summed E-state index contributed by atoms with van der Waals surface area (Å²) in [6.45, 7) is 5.85. The molecule has 0 aliphatic heterocycles. The smallest absolute Gasteiger partial charge is 0.319 e. The van der Waals surface area contributed by atoms with E-state index in [1.54, 1.807) is 25.1 Å². The lowest BCUT2D eigenvalue weighted by molar-refractivity contribution is -0.137. The first-order chi connectivity index (χ1) is 10.8. The molecule has 4 N–H and O–H groups in total. The molecule has 3 amide bonds. The lowest BCUT2D eigenvalue weighted by atomic mass is 10.1. The molecule has 1 aromatic rings. The van der Waals surface area contributed by atoms with E-state index in [9.17, 15) is 14.4 Å². The van der Waals surface area contributed by atoms with E-state index in [0.717, 1.165) is 5.56 Å². The van der Waals surface area contributed by atoms with Crippen molar-refractivity contribution in [1.82, 2.24) is 10.6 Å². The van der Waals surface area contributed by atoms with Crippen molar-refractivity contribution >= 4 is 23.6 Å². The molecular weight excluding hydrogens is 298 g/mol. The molecule has 0 atom stereocenters. The molecule has 0 aliphatic carbocycles. The topological polar surface area (TPSA) is 108 Å². The Balaban J connectivity index is 2.56. The zero-order chi connectivity index (χ0) is 17.4. The molecule has 0 unspecified atom stereocenters. The third-order valence-corrected chi connectivity index (χ3v) is 3.01. The highest BCUT2D eigenvalue weighted by Gasteiger charge is 2.10. The number of carbonyl (C=O) groups is 3. The number of hydrogen-bond acceptors (Lipinski definition) is 3. The summed E-state index contributed by atoms with van der Waals surface area (Å²) in [6, 6.07) is 4.67. The van der Waals surface area contributed by atoms with Crippen molar-refractivity contribution in [2.24, 2.45) is 0 Å². The van der Waals surface area contributed by atoms with Crippen molar-refractivity contribution in [2.45, 2.75) is 39.7 Å². The van der Waals surface area contributed by atoms with E-state index in [4.69, 9.17) is 5.11 Å². The number of carbonyl (C=O) groups excluding carboxylic acids is 2. The van der Waals surface area contributed by atoms with Gasteiger partial charge in [0.25, 0.3) is 5.91 Å². The summed E-state index contributed by atoms with van der Waals surface area (Å²) in [6.07, 6.45) is 0.384. The second kappa shape index (κ2) is 8.77. The Hall–Kier alpha value is -2.57. The quantitative estimate of drug-likeness (QED) is 0.577. The molecule has 7 heteroatoms. The van der Waals surface area contributed by atoms with Crippen LogP contribution in [0.5, 0.6) is 0 Å². The fraction of sp³-hybridized carbons (Fsp3) is 0.438. The van der Waals surface area contributed by atoms with Crippen LogP contribution in [0.25, 0.3) is 0 Å². The lowest BCUT2D eigenvalue weighted by Gasteiger charge is -2.12. The third-order valence-electron chi connectivity index (χ3n) is 3.01. The number of aryl methyl sites for hydroxylation is 1. The van der Waals surface area contributed by atoms with Crippen LogP contribution in [0.4, 0.5) is 10.5 Å². The van der Waals surface area contributed by atoms with E-state index >= 15 is 0 Å². The van der Waals surface area contributed by atoms with Crippen molar-refractivity contribution in [1.29, 1.82) is 0 Å². The van der Waals surface area contributed by atoms with Gasteiger partial charge in [0.1, 0.15) is 0 Å². The highest BCUT2D eigenvalue weighted by atomic mass is 16.4. The van der Waals surface area contributed by atoms with Crippen LogP contribution in [0.3, 0.4) is 0 Å². The number of amides is 3. The van der Waals surface area contributed by atoms with Gasteiger partial charge in [-0.3, -0.25) is 9.59 Å². The van der Waals surface area contributed by atoms with Gasteiger partial charge in [-0.05, 0) is 51.0 Å². The number of carboxylic acid groups (broad SMARTS) is 1. The zero-order valence-electron chi connectivity index (χ0n) is 13.6. The van der Waals surface area contributed by atoms with Gasteiger partial charge in [0.05, 0.1) is 0 Å². The molecule has 1 rings (SSSR count). The molecule has 0 aliphatic rings. The second-order valence-electron chi connectivity index (χ2n) is 5.54. The number of carboxylic acids is 1. The summed E-state index contributed by atoms with van der Waals surface area (Å²) in [7, 11) is 0. The maximum absolute atomic E-state index is 11.9. The molecule has 0 aromatic heterocycles. The standard InChI is InChI=1S/C16H23N3O4/c1-10(2)18-15(22)12-6-7-13(11(3)9-12)19-16(23)17-8-4-5-14(20)21/h6-7,9-10H,4-5,8H2,1-3H3,(H,18,22)(H,20,21)(H2,17,19,23). The van der Waals surface area contributed by atoms with Crippen LogP contribution in [-0.2, 0) is 4.79 Å². The molecule has 0 heterocycles. The van der Waals surface area contributed by atoms with Gasteiger partial charge in [0, 0.05) is 30.3 Å². The van der Waals surface area contributed by atoms with Crippen LogP contribution in [0, 0.1) is 6.92 Å². The summed E-state index contributed by atoms with van der Waals surface area (Å²) in [5, 5.41) is 16.6. The average molecular weight is 321 g/mol. The van der Waals surface area contributed by atoms with E-state index in [-0.39, 0.29) is 24.9 Å². The van der Waals surface area contributed by atoms with Crippen LogP contribution in [0.1, 0.15) is 42.6 Å². The van der Waals surface area contributed by atoms with Gasteiger partial charge in [-0.25, -0.2) is 4.79 Å².